The number of aryl methyl sites for hydroxylation is 1. The topological polar surface area (TPSA) is 115 Å². The van der Waals surface area contributed by atoms with Crippen LogP contribution in [0.25, 0.3) is 0 Å². The van der Waals surface area contributed by atoms with Crippen LogP contribution in [0.15, 0.2) is 71.6 Å². The van der Waals surface area contributed by atoms with E-state index in [0.717, 1.165) is 16.4 Å². The lowest BCUT2D eigenvalue weighted by atomic mass is 10.0. The van der Waals surface area contributed by atoms with Crippen molar-refractivity contribution in [1.29, 1.82) is 0 Å². The van der Waals surface area contributed by atoms with Gasteiger partial charge in [0.1, 0.15) is 5.82 Å². The lowest BCUT2D eigenvalue weighted by Gasteiger charge is -2.32. The van der Waals surface area contributed by atoms with E-state index in [0.29, 0.717) is 24.1 Å². The largest absolute Gasteiger partial charge is 0.478 e. The number of benzene rings is 3. The number of fused-ring (bicyclic) bond motifs is 1. The molecule has 33 heavy (non-hydrogen) atoms. The number of aromatic carboxylic acids is 1. The SMILES string of the molecule is O=C(O)c1ccccc1N(c1ccc2c(c1)N(S(=O)(=O)c1ccc(F)cc1)CCC2)S(=O)O. The Morgan fingerprint density at radius 1 is 1.06 bits per heavy atom. The Balaban J connectivity index is 1.84. The molecule has 0 aromatic heterocycles. The second-order valence-corrected chi connectivity index (χ2v) is 9.98. The van der Waals surface area contributed by atoms with E-state index < -0.39 is 33.1 Å². The predicted octanol–water partition coefficient (Wildman–Crippen LogP) is 3.94. The molecule has 0 spiro atoms. The molecule has 0 aliphatic carbocycles. The minimum Gasteiger partial charge on any atom is -0.478 e. The molecule has 0 bridgehead atoms. The fraction of sp³-hybridized carbons (Fsp3) is 0.136. The summed E-state index contributed by atoms with van der Waals surface area (Å²) < 4.78 is 64.3. The van der Waals surface area contributed by atoms with Crippen LogP contribution in [0.3, 0.4) is 0 Å². The summed E-state index contributed by atoms with van der Waals surface area (Å²) in [5.74, 6) is -1.84. The summed E-state index contributed by atoms with van der Waals surface area (Å²) >= 11 is -2.64. The van der Waals surface area contributed by atoms with Gasteiger partial charge in [-0.2, -0.15) is 0 Å². The number of halogens is 1. The van der Waals surface area contributed by atoms with E-state index in [1.54, 1.807) is 12.1 Å². The lowest BCUT2D eigenvalue weighted by Crippen LogP contribution is -2.35. The highest BCUT2D eigenvalue weighted by Crippen LogP contribution is 2.38. The van der Waals surface area contributed by atoms with Crippen LogP contribution in [0.2, 0.25) is 0 Å². The van der Waals surface area contributed by atoms with E-state index in [1.807, 2.05) is 0 Å². The average Bonchev–Trinajstić information content (AvgIpc) is 2.79. The van der Waals surface area contributed by atoms with Crippen LogP contribution in [-0.4, -0.2) is 34.8 Å². The number of hydrogen-bond donors (Lipinski definition) is 2. The Labute approximate surface area is 192 Å². The van der Waals surface area contributed by atoms with E-state index in [9.17, 15) is 31.5 Å². The molecule has 0 amide bonds. The quantitative estimate of drug-likeness (QED) is 0.506. The zero-order valence-electron chi connectivity index (χ0n) is 17.1. The number of carbonyl (C=O) groups is 1. The smallest absolute Gasteiger partial charge is 0.337 e. The molecule has 8 nitrogen and oxygen atoms in total. The van der Waals surface area contributed by atoms with Crippen LogP contribution in [0.4, 0.5) is 21.5 Å². The molecular formula is C22H19FN2O6S2. The van der Waals surface area contributed by atoms with Gasteiger partial charge in [-0.3, -0.25) is 8.86 Å². The molecule has 1 atom stereocenters. The Morgan fingerprint density at radius 3 is 2.42 bits per heavy atom. The minimum absolute atomic E-state index is 0.0189. The number of carboxylic acids is 1. The minimum atomic E-state index is -4.03. The fourth-order valence-electron chi connectivity index (χ4n) is 3.78. The average molecular weight is 491 g/mol. The molecule has 1 aliphatic rings. The molecule has 4 rings (SSSR count). The van der Waals surface area contributed by atoms with Crippen molar-refractivity contribution in [3.63, 3.8) is 0 Å². The molecule has 11 heteroatoms. The van der Waals surface area contributed by atoms with E-state index in [-0.39, 0.29) is 28.4 Å². The number of nitrogens with zero attached hydrogens (tertiary/aromatic N) is 2. The summed E-state index contributed by atoms with van der Waals surface area (Å²) in [7, 11) is -4.03. The van der Waals surface area contributed by atoms with E-state index in [2.05, 4.69) is 0 Å². The summed E-state index contributed by atoms with van der Waals surface area (Å²) in [5.41, 5.74) is 0.963. The highest BCUT2D eigenvalue weighted by Gasteiger charge is 2.31. The molecule has 0 fully saturated rings. The van der Waals surface area contributed by atoms with Gasteiger partial charge in [-0.05, 0) is 66.9 Å². The van der Waals surface area contributed by atoms with Crippen molar-refractivity contribution in [3.05, 3.63) is 83.7 Å². The van der Waals surface area contributed by atoms with Gasteiger partial charge in [0.05, 0.1) is 27.5 Å². The zero-order valence-corrected chi connectivity index (χ0v) is 18.7. The first-order valence-corrected chi connectivity index (χ1v) is 12.3. The molecule has 3 aromatic rings. The maximum Gasteiger partial charge on any atom is 0.337 e. The Hall–Kier alpha value is -3.28. The number of sulfonamides is 1. The number of para-hydroxylation sites is 1. The summed E-state index contributed by atoms with van der Waals surface area (Å²) in [4.78, 5) is 11.6. The van der Waals surface area contributed by atoms with Gasteiger partial charge >= 0.3 is 5.97 Å². The molecular weight excluding hydrogens is 471 g/mol. The fourth-order valence-corrected chi connectivity index (χ4v) is 5.94. The van der Waals surface area contributed by atoms with Crippen molar-refractivity contribution in [2.45, 2.75) is 17.7 Å². The molecule has 0 radical (unpaired) electrons. The molecule has 1 aliphatic heterocycles. The van der Waals surface area contributed by atoms with Gasteiger partial charge in [0, 0.05) is 6.54 Å². The van der Waals surface area contributed by atoms with Crippen LogP contribution in [-0.2, 0) is 27.7 Å². The van der Waals surface area contributed by atoms with Crippen LogP contribution in [0, 0.1) is 5.82 Å². The first-order valence-electron chi connectivity index (χ1n) is 9.85. The number of hydrogen-bond acceptors (Lipinski definition) is 4. The van der Waals surface area contributed by atoms with E-state index >= 15 is 0 Å². The van der Waals surface area contributed by atoms with Crippen molar-refractivity contribution in [2.75, 3.05) is 15.2 Å². The van der Waals surface area contributed by atoms with Crippen LogP contribution < -0.4 is 8.61 Å². The maximum absolute atomic E-state index is 13.3. The van der Waals surface area contributed by atoms with Gasteiger partial charge in [-0.1, -0.05) is 18.2 Å². The van der Waals surface area contributed by atoms with Gasteiger partial charge in [0.2, 0.25) is 0 Å². The van der Waals surface area contributed by atoms with Crippen molar-refractivity contribution >= 4 is 44.3 Å². The van der Waals surface area contributed by atoms with Crippen molar-refractivity contribution < 1.29 is 31.5 Å². The molecule has 2 N–H and O–H groups in total. The Kier molecular flexibility index (Phi) is 6.19. The number of anilines is 3. The van der Waals surface area contributed by atoms with Crippen molar-refractivity contribution in [2.24, 2.45) is 0 Å². The maximum atomic E-state index is 13.3. The second-order valence-electron chi connectivity index (χ2n) is 7.30. The first-order chi connectivity index (χ1) is 15.7. The van der Waals surface area contributed by atoms with Crippen LogP contribution in [0.1, 0.15) is 22.3 Å². The molecule has 3 aromatic carbocycles. The van der Waals surface area contributed by atoms with Gasteiger partial charge in [-0.15, -0.1) is 0 Å². The Bertz CT molecular complexity index is 1350. The van der Waals surface area contributed by atoms with Crippen LogP contribution in [0.5, 0.6) is 0 Å². The Morgan fingerprint density at radius 2 is 1.76 bits per heavy atom. The standard InChI is InChI=1S/C22H19FN2O6S2/c23-16-8-11-18(12-9-16)33(30,31)24-13-3-4-15-7-10-17(14-21(15)24)25(32(28)29)20-6-2-1-5-19(20)22(26)27/h1-2,5-12,14H,3-4,13H2,(H,26,27)(H,28,29). The number of carboxylic acid groups (broad SMARTS) is 1. The van der Waals surface area contributed by atoms with Crippen molar-refractivity contribution in [1.82, 2.24) is 0 Å². The third-order valence-electron chi connectivity index (χ3n) is 5.29. The third kappa shape index (κ3) is 4.34. The third-order valence-corrected chi connectivity index (χ3v) is 7.84. The highest BCUT2D eigenvalue weighted by atomic mass is 32.2. The monoisotopic (exact) mass is 490 g/mol. The summed E-state index contributed by atoms with van der Waals surface area (Å²) in [6.07, 6.45) is 1.16. The normalized spacial score (nSPS) is 14.4. The van der Waals surface area contributed by atoms with Gasteiger partial charge in [0.15, 0.2) is 0 Å². The summed E-state index contributed by atoms with van der Waals surface area (Å²) in [6, 6.07) is 14.9. The molecule has 172 valence electrons. The summed E-state index contributed by atoms with van der Waals surface area (Å²) in [6.45, 7) is 0.171. The molecule has 0 saturated carbocycles. The summed E-state index contributed by atoms with van der Waals surface area (Å²) in [5, 5.41) is 9.51. The van der Waals surface area contributed by atoms with E-state index in [1.165, 1.54) is 46.8 Å². The van der Waals surface area contributed by atoms with Gasteiger partial charge in [0.25, 0.3) is 21.3 Å². The van der Waals surface area contributed by atoms with Gasteiger partial charge in [-0.25, -0.2) is 26.1 Å². The number of rotatable bonds is 6. The predicted molar refractivity (Wildman–Crippen MR) is 122 cm³/mol. The molecule has 1 heterocycles. The lowest BCUT2D eigenvalue weighted by molar-refractivity contribution is 0.0698. The second kappa shape index (κ2) is 8.93. The first kappa shape index (κ1) is 22.9. The van der Waals surface area contributed by atoms with Crippen molar-refractivity contribution in [3.8, 4) is 0 Å². The van der Waals surface area contributed by atoms with Gasteiger partial charge < -0.3 is 5.11 Å². The van der Waals surface area contributed by atoms with Crippen LogP contribution >= 0.6 is 0 Å². The molecule has 1 unspecified atom stereocenters. The zero-order chi connectivity index (χ0) is 23.8. The highest BCUT2D eigenvalue weighted by molar-refractivity contribution is 7.92. The van der Waals surface area contributed by atoms with E-state index in [4.69, 9.17) is 0 Å². The molecule has 0 saturated heterocycles.